The van der Waals surface area contributed by atoms with E-state index in [1.807, 2.05) is 6.07 Å². The van der Waals surface area contributed by atoms with Crippen molar-refractivity contribution in [3.63, 3.8) is 0 Å². The number of fused-ring (bicyclic) bond motifs is 1. The first kappa shape index (κ1) is 17.0. The van der Waals surface area contributed by atoms with Crippen LogP contribution in [0, 0.1) is 0 Å². The highest BCUT2D eigenvalue weighted by Crippen LogP contribution is 2.24. The van der Waals surface area contributed by atoms with E-state index in [4.69, 9.17) is 9.84 Å². The van der Waals surface area contributed by atoms with Gasteiger partial charge in [0, 0.05) is 18.0 Å². The average molecular weight is 359 g/mol. The zero-order valence-corrected chi connectivity index (χ0v) is 14.4. The average Bonchev–Trinajstić information content (AvgIpc) is 3.04. The molecule has 0 aliphatic rings. The van der Waals surface area contributed by atoms with Crippen LogP contribution in [-0.4, -0.2) is 30.6 Å². The molecule has 0 amide bonds. The lowest BCUT2D eigenvalue weighted by atomic mass is 10.1. The fourth-order valence-electron chi connectivity index (χ4n) is 2.64. The molecule has 7 heteroatoms. The molecule has 3 aromatic rings. The topological polar surface area (TPSA) is 85.6 Å². The Morgan fingerprint density at radius 2 is 1.84 bits per heavy atom. The van der Waals surface area contributed by atoms with Crippen molar-refractivity contribution in [2.24, 2.45) is 0 Å². The van der Waals surface area contributed by atoms with Crippen LogP contribution >= 0.6 is 0 Å². The van der Waals surface area contributed by atoms with E-state index in [1.54, 1.807) is 30.3 Å². The Kier molecular flexibility index (Phi) is 4.50. The van der Waals surface area contributed by atoms with Crippen LogP contribution in [0.25, 0.3) is 10.9 Å². The van der Waals surface area contributed by atoms with Gasteiger partial charge in [0.2, 0.25) is 0 Å². The summed E-state index contributed by atoms with van der Waals surface area (Å²) in [5, 5.41) is 9.52. The Morgan fingerprint density at radius 1 is 1.12 bits per heavy atom. The summed E-state index contributed by atoms with van der Waals surface area (Å²) in [6, 6.07) is 13.2. The maximum Gasteiger partial charge on any atom is 0.303 e. The van der Waals surface area contributed by atoms with Gasteiger partial charge in [0.15, 0.2) is 0 Å². The van der Waals surface area contributed by atoms with Gasteiger partial charge in [-0.05, 0) is 54.4 Å². The van der Waals surface area contributed by atoms with E-state index >= 15 is 0 Å². The number of aryl methyl sites for hydroxylation is 1. The summed E-state index contributed by atoms with van der Waals surface area (Å²) in [6.07, 6.45) is 1.95. The monoisotopic (exact) mass is 359 g/mol. The number of nitrogens with zero attached hydrogens (tertiary/aromatic N) is 1. The molecule has 0 saturated carbocycles. The predicted molar refractivity (Wildman–Crippen MR) is 93.5 cm³/mol. The van der Waals surface area contributed by atoms with Crippen molar-refractivity contribution in [2.75, 3.05) is 7.11 Å². The Labute approximate surface area is 145 Å². The lowest BCUT2D eigenvalue weighted by molar-refractivity contribution is -0.136. The van der Waals surface area contributed by atoms with E-state index in [1.165, 1.54) is 29.4 Å². The Hall–Kier alpha value is -2.80. The molecule has 2 aromatic carbocycles. The summed E-state index contributed by atoms with van der Waals surface area (Å²) < 4.78 is 32.0. The minimum absolute atomic E-state index is 0.0381. The molecule has 0 unspecified atom stereocenters. The lowest BCUT2D eigenvalue weighted by Gasteiger charge is -2.09. The number of carboxylic acids is 1. The summed E-state index contributed by atoms with van der Waals surface area (Å²) in [5.41, 5.74) is 1.41. The van der Waals surface area contributed by atoms with E-state index in [0.717, 1.165) is 10.9 Å². The zero-order chi connectivity index (χ0) is 18.0. The van der Waals surface area contributed by atoms with Gasteiger partial charge in [0.1, 0.15) is 5.75 Å². The number of hydrogen-bond acceptors (Lipinski definition) is 4. The van der Waals surface area contributed by atoms with Crippen molar-refractivity contribution >= 4 is 26.9 Å². The van der Waals surface area contributed by atoms with E-state index in [9.17, 15) is 13.2 Å². The van der Waals surface area contributed by atoms with Crippen molar-refractivity contribution in [3.05, 3.63) is 60.3 Å². The summed E-state index contributed by atoms with van der Waals surface area (Å²) in [7, 11) is -2.20. The van der Waals surface area contributed by atoms with Gasteiger partial charge in [0.25, 0.3) is 10.0 Å². The third-order valence-corrected chi connectivity index (χ3v) is 5.67. The number of aliphatic carboxylic acids is 1. The minimum Gasteiger partial charge on any atom is -0.497 e. The summed E-state index contributed by atoms with van der Waals surface area (Å²) in [4.78, 5) is 10.8. The smallest absolute Gasteiger partial charge is 0.303 e. The fourth-order valence-corrected chi connectivity index (χ4v) is 4.00. The SMILES string of the molecule is COc1ccc(S(=O)(=O)n2ccc3cc(CCC(=O)O)ccc32)cc1. The van der Waals surface area contributed by atoms with Crippen LogP contribution in [0.15, 0.2) is 59.6 Å². The number of ether oxygens (including phenoxy) is 1. The largest absolute Gasteiger partial charge is 0.497 e. The van der Waals surface area contributed by atoms with Crippen LogP contribution in [0.4, 0.5) is 0 Å². The molecule has 0 aliphatic carbocycles. The first-order chi connectivity index (χ1) is 11.9. The molecule has 0 radical (unpaired) electrons. The molecule has 1 N–H and O–H groups in total. The van der Waals surface area contributed by atoms with Gasteiger partial charge >= 0.3 is 5.97 Å². The van der Waals surface area contributed by atoms with E-state index in [2.05, 4.69) is 0 Å². The normalized spacial score (nSPS) is 11.6. The molecule has 0 aliphatic heterocycles. The van der Waals surface area contributed by atoms with Crippen LogP contribution in [0.3, 0.4) is 0 Å². The molecule has 1 heterocycles. The Morgan fingerprint density at radius 3 is 2.48 bits per heavy atom. The number of carbonyl (C=O) groups is 1. The predicted octanol–water partition coefficient (Wildman–Crippen LogP) is 2.90. The van der Waals surface area contributed by atoms with E-state index in [0.29, 0.717) is 17.7 Å². The molecular formula is C18H17NO5S. The van der Waals surface area contributed by atoms with Crippen LogP contribution < -0.4 is 4.74 Å². The second kappa shape index (κ2) is 6.60. The third-order valence-electron chi connectivity index (χ3n) is 3.96. The third kappa shape index (κ3) is 3.36. The van der Waals surface area contributed by atoms with Crippen LogP contribution in [0.2, 0.25) is 0 Å². The highest BCUT2D eigenvalue weighted by molar-refractivity contribution is 7.90. The van der Waals surface area contributed by atoms with Crippen molar-refractivity contribution in [1.29, 1.82) is 0 Å². The number of carboxylic acid groups (broad SMARTS) is 1. The number of aromatic nitrogens is 1. The molecule has 0 saturated heterocycles. The van der Waals surface area contributed by atoms with Crippen molar-refractivity contribution in [3.8, 4) is 5.75 Å². The van der Waals surface area contributed by atoms with Gasteiger partial charge in [-0.15, -0.1) is 0 Å². The minimum atomic E-state index is -3.72. The highest BCUT2D eigenvalue weighted by atomic mass is 32.2. The molecule has 130 valence electrons. The highest BCUT2D eigenvalue weighted by Gasteiger charge is 2.19. The molecule has 6 nitrogen and oxygen atoms in total. The molecule has 1 aromatic heterocycles. The van der Waals surface area contributed by atoms with Gasteiger partial charge in [0.05, 0.1) is 17.5 Å². The van der Waals surface area contributed by atoms with Crippen LogP contribution in [-0.2, 0) is 21.2 Å². The Bertz CT molecular complexity index is 1020. The maximum absolute atomic E-state index is 12.9. The molecule has 0 spiro atoms. The van der Waals surface area contributed by atoms with Crippen molar-refractivity contribution < 1.29 is 23.1 Å². The van der Waals surface area contributed by atoms with Gasteiger partial charge in [-0.25, -0.2) is 12.4 Å². The Balaban J connectivity index is 1.98. The quantitative estimate of drug-likeness (QED) is 0.731. The summed E-state index contributed by atoms with van der Waals surface area (Å²) in [5.74, 6) is -0.279. The van der Waals surface area contributed by atoms with Crippen molar-refractivity contribution in [1.82, 2.24) is 3.97 Å². The second-order valence-electron chi connectivity index (χ2n) is 5.58. The first-order valence-corrected chi connectivity index (χ1v) is 9.07. The van der Waals surface area contributed by atoms with E-state index in [-0.39, 0.29) is 11.3 Å². The number of benzene rings is 2. The second-order valence-corrected chi connectivity index (χ2v) is 7.39. The zero-order valence-electron chi connectivity index (χ0n) is 13.5. The fraction of sp³-hybridized carbons (Fsp3) is 0.167. The van der Waals surface area contributed by atoms with Crippen molar-refractivity contribution in [2.45, 2.75) is 17.7 Å². The lowest BCUT2D eigenvalue weighted by Crippen LogP contribution is -2.11. The molecule has 25 heavy (non-hydrogen) atoms. The molecule has 0 bridgehead atoms. The maximum atomic E-state index is 12.9. The van der Waals surface area contributed by atoms with E-state index < -0.39 is 16.0 Å². The molecular weight excluding hydrogens is 342 g/mol. The standard InChI is InChI=1S/C18H17NO5S/c1-24-15-4-6-16(7-5-15)25(22,23)19-11-10-14-12-13(2-8-17(14)19)3-9-18(20)21/h2,4-8,10-12H,3,9H2,1H3,(H,20,21). The van der Waals surface area contributed by atoms with Gasteiger partial charge in [-0.2, -0.15) is 0 Å². The summed E-state index contributed by atoms with van der Waals surface area (Å²) >= 11 is 0. The molecule has 3 rings (SSSR count). The first-order valence-electron chi connectivity index (χ1n) is 7.63. The number of methoxy groups -OCH3 is 1. The van der Waals surface area contributed by atoms with Crippen LogP contribution in [0.5, 0.6) is 5.75 Å². The molecule has 0 fully saturated rings. The number of hydrogen-bond donors (Lipinski definition) is 1. The molecule has 0 atom stereocenters. The van der Waals surface area contributed by atoms with Gasteiger partial charge < -0.3 is 9.84 Å². The summed E-state index contributed by atoms with van der Waals surface area (Å²) in [6.45, 7) is 0. The van der Waals surface area contributed by atoms with Crippen LogP contribution in [0.1, 0.15) is 12.0 Å². The number of rotatable bonds is 6. The van der Waals surface area contributed by atoms with Gasteiger partial charge in [-0.1, -0.05) is 6.07 Å². The van der Waals surface area contributed by atoms with Gasteiger partial charge in [-0.3, -0.25) is 4.79 Å².